The Morgan fingerprint density at radius 1 is 1.44 bits per heavy atom. The van der Waals surface area contributed by atoms with Gasteiger partial charge in [0.25, 0.3) is 0 Å². The minimum atomic E-state index is -0.351. The van der Waals surface area contributed by atoms with E-state index in [-0.39, 0.29) is 18.2 Å². The molecular formula is C18H24N4O3. The van der Waals surface area contributed by atoms with E-state index in [1.807, 2.05) is 42.1 Å². The first-order valence-electron chi connectivity index (χ1n) is 8.44. The Balaban J connectivity index is 1.71. The summed E-state index contributed by atoms with van der Waals surface area (Å²) in [7, 11) is 3.53. The van der Waals surface area contributed by atoms with Crippen molar-refractivity contribution in [1.82, 2.24) is 20.2 Å². The Hall–Kier alpha value is -2.54. The standard InChI is InChI=1S/C18H24N4O3/c1-22-10-9-19-17(22)16(13-5-7-14(24-2)8-6-13)21-18(23)20-12-15-4-3-11-25-15/h5-10,15-16H,3-4,11-12H2,1-2H3,(H2,20,21,23)/t15-,16+/m1/s1. The first kappa shape index (κ1) is 17.3. The predicted molar refractivity (Wildman–Crippen MR) is 93.6 cm³/mol. The third kappa shape index (κ3) is 4.30. The molecule has 0 aliphatic carbocycles. The number of amides is 2. The number of imidazole rings is 1. The summed E-state index contributed by atoms with van der Waals surface area (Å²) in [5.41, 5.74) is 0.933. The molecule has 1 saturated heterocycles. The Labute approximate surface area is 147 Å². The summed E-state index contributed by atoms with van der Waals surface area (Å²) in [5, 5.41) is 5.90. The topological polar surface area (TPSA) is 77.4 Å². The lowest BCUT2D eigenvalue weighted by atomic mass is 10.1. The van der Waals surface area contributed by atoms with Gasteiger partial charge in [-0.2, -0.15) is 0 Å². The van der Waals surface area contributed by atoms with E-state index in [9.17, 15) is 4.79 Å². The van der Waals surface area contributed by atoms with Crippen molar-refractivity contribution in [2.75, 3.05) is 20.3 Å². The highest BCUT2D eigenvalue weighted by molar-refractivity contribution is 5.74. The average Bonchev–Trinajstić information content (AvgIpc) is 3.30. The summed E-state index contributed by atoms with van der Waals surface area (Å²) in [4.78, 5) is 16.8. The number of aromatic nitrogens is 2. The van der Waals surface area contributed by atoms with Crippen molar-refractivity contribution in [1.29, 1.82) is 0 Å². The summed E-state index contributed by atoms with van der Waals surface area (Å²) in [6.45, 7) is 1.29. The molecule has 1 aromatic carbocycles. The molecule has 1 aliphatic rings. The van der Waals surface area contributed by atoms with Crippen LogP contribution >= 0.6 is 0 Å². The van der Waals surface area contributed by atoms with E-state index in [4.69, 9.17) is 9.47 Å². The summed E-state index contributed by atoms with van der Waals surface area (Å²) >= 11 is 0. The molecule has 0 unspecified atom stereocenters. The Morgan fingerprint density at radius 2 is 2.24 bits per heavy atom. The smallest absolute Gasteiger partial charge is 0.315 e. The summed E-state index contributed by atoms with van der Waals surface area (Å²) in [6, 6.07) is 7.01. The number of hydrogen-bond donors (Lipinski definition) is 2. The minimum absolute atomic E-state index is 0.110. The van der Waals surface area contributed by atoms with Crippen LogP contribution in [0, 0.1) is 0 Å². The molecule has 0 bridgehead atoms. The van der Waals surface area contributed by atoms with Gasteiger partial charge in [-0.1, -0.05) is 12.1 Å². The van der Waals surface area contributed by atoms with Gasteiger partial charge >= 0.3 is 6.03 Å². The normalized spacial score (nSPS) is 17.9. The molecule has 134 valence electrons. The van der Waals surface area contributed by atoms with Crippen molar-refractivity contribution < 1.29 is 14.3 Å². The van der Waals surface area contributed by atoms with E-state index in [1.165, 1.54) is 0 Å². The molecule has 1 aliphatic heterocycles. The van der Waals surface area contributed by atoms with E-state index in [1.54, 1.807) is 13.3 Å². The van der Waals surface area contributed by atoms with Gasteiger partial charge in [0.05, 0.1) is 13.2 Å². The molecule has 2 amide bonds. The van der Waals surface area contributed by atoms with E-state index >= 15 is 0 Å². The van der Waals surface area contributed by atoms with E-state index < -0.39 is 0 Å². The summed E-state index contributed by atoms with van der Waals surface area (Å²) in [6.07, 6.45) is 5.73. The molecule has 7 nitrogen and oxygen atoms in total. The third-order valence-corrected chi connectivity index (χ3v) is 4.36. The number of carbonyl (C=O) groups excluding carboxylic acids is 1. The molecule has 0 spiro atoms. The van der Waals surface area contributed by atoms with Crippen LogP contribution in [-0.2, 0) is 11.8 Å². The van der Waals surface area contributed by atoms with Crippen LogP contribution in [0.3, 0.4) is 0 Å². The van der Waals surface area contributed by atoms with Gasteiger partial charge in [-0.15, -0.1) is 0 Å². The van der Waals surface area contributed by atoms with Gasteiger partial charge in [-0.05, 0) is 30.5 Å². The molecule has 2 aromatic rings. The van der Waals surface area contributed by atoms with Crippen LogP contribution in [0.15, 0.2) is 36.7 Å². The molecule has 2 atom stereocenters. The first-order valence-corrected chi connectivity index (χ1v) is 8.44. The fourth-order valence-electron chi connectivity index (χ4n) is 2.94. The van der Waals surface area contributed by atoms with E-state index in [2.05, 4.69) is 15.6 Å². The van der Waals surface area contributed by atoms with Crippen molar-refractivity contribution in [3.05, 3.63) is 48.0 Å². The van der Waals surface area contributed by atoms with Crippen LogP contribution in [0.25, 0.3) is 0 Å². The van der Waals surface area contributed by atoms with Crippen molar-refractivity contribution in [2.24, 2.45) is 7.05 Å². The zero-order valence-corrected chi connectivity index (χ0v) is 14.6. The molecule has 0 saturated carbocycles. The molecule has 1 aromatic heterocycles. The number of aryl methyl sites for hydroxylation is 1. The van der Waals surface area contributed by atoms with Gasteiger partial charge in [0.2, 0.25) is 0 Å². The quantitative estimate of drug-likeness (QED) is 0.840. The zero-order chi connectivity index (χ0) is 17.6. The van der Waals surface area contributed by atoms with Crippen molar-refractivity contribution >= 4 is 6.03 Å². The van der Waals surface area contributed by atoms with Crippen LogP contribution in [0.5, 0.6) is 5.75 Å². The molecule has 7 heteroatoms. The van der Waals surface area contributed by atoms with Gasteiger partial charge < -0.3 is 24.7 Å². The predicted octanol–water partition coefficient (Wildman–Crippen LogP) is 2.00. The van der Waals surface area contributed by atoms with Crippen LogP contribution in [0.4, 0.5) is 4.79 Å². The number of nitrogens with zero attached hydrogens (tertiary/aromatic N) is 2. The molecule has 3 rings (SSSR count). The van der Waals surface area contributed by atoms with Crippen LogP contribution in [0.2, 0.25) is 0 Å². The lowest BCUT2D eigenvalue weighted by Gasteiger charge is -2.20. The lowest BCUT2D eigenvalue weighted by Crippen LogP contribution is -2.42. The van der Waals surface area contributed by atoms with Gasteiger partial charge in [-0.3, -0.25) is 0 Å². The monoisotopic (exact) mass is 344 g/mol. The molecule has 0 radical (unpaired) electrons. The molecule has 2 N–H and O–H groups in total. The van der Waals surface area contributed by atoms with Crippen LogP contribution < -0.4 is 15.4 Å². The van der Waals surface area contributed by atoms with Gasteiger partial charge in [0, 0.05) is 32.6 Å². The van der Waals surface area contributed by atoms with Gasteiger partial charge in [0.1, 0.15) is 17.6 Å². The number of urea groups is 1. The Kier molecular flexibility index (Phi) is 5.55. The third-order valence-electron chi connectivity index (χ3n) is 4.36. The second-order valence-electron chi connectivity index (χ2n) is 6.09. The van der Waals surface area contributed by atoms with Crippen molar-refractivity contribution in [3.8, 4) is 5.75 Å². The number of hydrogen-bond acceptors (Lipinski definition) is 4. The van der Waals surface area contributed by atoms with Crippen molar-refractivity contribution in [3.63, 3.8) is 0 Å². The molecule has 1 fully saturated rings. The number of methoxy groups -OCH3 is 1. The SMILES string of the molecule is COc1ccc([C@H](NC(=O)NC[C@H]2CCCO2)c2nccn2C)cc1. The number of carbonyl (C=O) groups is 1. The number of rotatable bonds is 6. The van der Waals surface area contributed by atoms with Crippen LogP contribution in [-0.4, -0.2) is 41.9 Å². The fourth-order valence-corrected chi connectivity index (χ4v) is 2.94. The highest BCUT2D eigenvalue weighted by Gasteiger charge is 2.22. The van der Waals surface area contributed by atoms with Gasteiger partial charge in [-0.25, -0.2) is 9.78 Å². The Bertz CT molecular complexity index is 693. The lowest BCUT2D eigenvalue weighted by molar-refractivity contribution is 0.111. The number of nitrogens with one attached hydrogen (secondary N) is 2. The van der Waals surface area contributed by atoms with Gasteiger partial charge in [0.15, 0.2) is 0 Å². The van der Waals surface area contributed by atoms with E-state index in [0.717, 1.165) is 36.6 Å². The maximum Gasteiger partial charge on any atom is 0.315 e. The second kappa shape index (κ2) is 8.02. The first-order chi connectivity index (χ1) is 12.2. The largest absolute Gasteiger partial charge is 0.497 e. The fraction of sp³-hybridized carbons (Fsp3) is 0.444. The number of ether oxygens (including phenoxy) is 2. The highest BCUT2D eigenvalue weighted by atomic mass is 16.5. The molecular weight excluding hydrogens is 320 g/mol. The number of benzene rings is 1. The maximum absolute atomic E-state index is 12.4. The van der Waals surface area contributed by atoms with E-state index in [0.29, 0.717) is 6.54 Å². The average molecular weight is 344 g/mol. The highest BCUT2D eigenvalue weighted by Crippen LogP contribution is 2.23. The Morgan fingerprint density at radius 3 is 2.84 bits per heavy atom. The molecule has 2 heterocycles. The van der Waals surface area contributed by atoms with Crippen LogP contribution in [0.1, 0.15) is 30.3 Å². The maximum atomic E-state index is 12.4. The zero-order valence-electron chi connectivity index (χ0n) is 14.6. The van der Waals surface area contributed by atoms with Crippen molar-refractivity contribution in [2.45, 2.75) is 25.0 Å². The molecule has 25 heavy (non-hydrogen) atoms. The summed E-state index contributed by atoms with van der Waals surface area (Å²) in [5.74, 6) is 1.53. The second-order valence-corrected chi connectivity index (χ2v) is 6.09. The summed E-state index contributed by atoms with van der Waals surface area (Å²) < 4.78 is 12.6. The minimum Gasteiger partial charge on any atom is -0.497 e.